The van der Waals surface area contributed by atoms with Gasteiger partial charge >= 0.3 is 0 Å². The van der Waals surface area contributed by atoms with Crippen LogP contribution in [0.3, 0.4) is 0 Å². The maximum atomic E-state index is 9.65. The van der Waals surface area contributed by atoms with E-state index in [4.69, 9.17) is 4.74 Å². The molecule has 0 aliphatic rings. The molecule has 0 bridgehead atoms. The first-order chi connectivity index (χ1) is 9.25. The molecule has 96 valence electrons. The molecule has 0 radical (unpaired) electrons. The second-order valence-electron chi connectivity index (χ2n) is 4.03. The summed E-state index contributed by atoms with van der Waals surface area (Å²) in [6.07, 6.45) is 1.93. The van der Waals surface area contributed by atoms with Gasteiger partial charge in [0.25, 0.3) is 0 Å². The summed E-state index contributed by atoms with van der Waals surface area (Å²) in [6.45, 7) is 0.286. The number of fused-ring (bicyclic) bond motifs is 1. The van der Waals surface area contributed by atoms with E-state index in [1.54, 1.807) is 18.2 Å². The molecule has 0 aliphatic carbocycles. The van der Waals surface area contributed by atoms with Crippen molar-refractivity contribution < 1.29 is 9.84 Å². The molecule has 19 heavy (non-hydrogen) atoms. The number of phenolic OH excluding ortho intramolecular Hbond substituents is 1. The number of para-hydroxylation sites is 2. The number of hydrogen-bond acceptors (Lipinski definition) is 3. The van der Waals surface area contributed by atoms with Crippen molar-refractivity contribution >= 4 is 21.4 Å². The summed E-state index contributed by atoms with van der Waals surface area (Å²) in [7, 11) is 0. The van der Waals surface area contributed by atoms with Gasteiger partial charge in [-0.25, -0.2) is 4.98 Å². The van der Waals surface area contributed by atoms with Crippen LogP contribution in [0.4, 0.5) is 0 Å². The zero-order valence-electron chi connectivity index (χ0n) is 9.95. The Kier molecular flexibility index (Phi) is 3.13. The first-order valence-electron chi connectivity index (χ1n) is 5.78. The van der Waals surface area contributed by atoms with Gasteiger partial charge in [-0.1, -0.05) is 18.2 Å². The summed E-state index contributed by atoms with van der Waals surface area (Å²) in [5.74, 6) is 1.35. The summed E-state index contributed by atoms with van der Waals surface area (Å²) in [4.78, 5) is 4.41. The third kappa shape index (κ3) is 2.29. The summed E-state index contributed by atoms with van der Waals surface area (Å²) < 4.78 is 8.32. The van der Waals surface area contributed by atoms with E-state index >= 15 is 0 Å². The summed E-state index contributed by atoms with van der Waals surface area (Å²) in [5.41, 5.74) is 0.985. The maximum Gasteiger partial charge on any atom is 0.161 e. The van der Waals surface area contributed by atoms with Crippen LogP contribution in [0.5, 0.6) is 11.5 Å². The molecule has 0 unspecified atom stereocenters. The second kappa shape index (κ2) is 4.93. The molecule has 0 fully saturated rings. The van der Waals surface area contributed by atoms with E-state index in [-0.39, 0.29) is 12.4 Å². The van der Waals surface area contributed by atoms with Crippen LogP contribution in [0.15, 0.2) is 53.3 Å². The Morgan fingerprint density at radius 1 is 1.16 bits per heavy atom. The van der Waals surface area contributed by atoms with Crippen LogP contribution >= 0.6 is 15.9 Å². The van der Waals surface area contributed by atoms with E-state index in [1.165, 1.54) is 0 Å². The fourth-order valence-electron chi connectivity index (χ4n) is 1.88. The van der Waals surface area contributed by atoms with Crippen molar-refractivity contribution in [2.75, 3.05) is 0 Å². The average molecular weight is 319 g/mol. The van der Waals surface area contributed by atoms with Gasteiger partial charge in [0.2, 0.25) is 0 Å². The predicted octanol–water partition coefficient (Wildman–Crippen LogP) is 3.38. The molecule has 0 spiro atoms. The van der Waals surface area contributed by atoms with E-state index in [2.05, 4.69) is 20.9 Å². The number of nitrogens with zero attached hydrogens (tertiary/aromatic N) is 2. The number of benzene rings is 1. The molecular weight excluding hydrogens is 308 g/mol. The van der Waals surface area contributed by atoms with Crippen LogP contribution in [-0.2, 0) is 6.61 Å². The molecule has 4 nitrogen and oxygen atoms in total. The number of aromatic nitrogens is 2. The number of halogens is 1. The standard InChI is InChI=1S/C14H11BrN2O2/c15-14-10-5-3-4-8-17(10)13(16-14)9-19-12-7-2-1-6-11(12)18/h1-8,18H,9H2. The largest absolute Gasteiger partial charge is 0.504 e. The molecule has 5 heteroatoms. The molecule has 2 aromatic heterocycles. The average Bonchev–Trinajstić information content (AvgIpc) is 2.75. The van der Waals surface area contributed by atoms with Gasteiger partial charge in [0, 0.05) is 6.20 Å². The highest BCUT2D eigenvalue weighted by Crippen LogP contribution is 2.26. The van der Waals surface area contributed by atoms with Crippen LogP contribution in [-0.4, -0.2) is 14.5 Å². The van der Waals surface area contributed by atoms with Crippen LogP contribution in [0.2, 0.25) is 0 Å². The highest BCUT2D eigenvalue weighted by Gasteiger charge is 2.09. The van der Waals surface area contributed by atoms with Crippen molar-refractivity contribution in [3.8, 4) is 11.5 Å². The molecule has 1 N–H and O–H groups in total. The SMILES string of the molecule is Oc1ccccc1OCc1nc(Br)c2ccccn12. The van der Waals surface area contributed by atoms with E-state index in [0.29, 0.717) is 5.75 Å². The summed E-state index contributed by atoms with van der Waals surface area (Å²) in [6, 6.07) is 12.7. The van der Waals surface area contributed by atoms with Crippen molar-refractivity contribution in [1.82, 2.24) is 9.38 Å². The Morgan fingerprint density at radius 2 is 1.95 bits per heavy atom. The van der Waals surface area contributed by atoms with Gasteiger partial charge in [-0.05, 0) is 40.2 Å². The Hall–Kier alpha value is -2.01. The minimum Gasteiger partial charge on any atom is -0.504 e. The lowest BCUT2D eigenvalue weighted by molar-refractivity contribution is 0.279. The lowest BCUT2D eigenvalue weighted by Gasteiger charge is -2.06. The minimum absolute atomic E-state index is 0.127. The summed E-state index contributed by atoms with van der Waals surface area (Å²) in [5, 5.41) is 9.65. The highest BCUT2D eigenvalue weighted by atomic mass is 79.9. The Morgan fingerprint density at radius 3 is 2.79 bits per heavy atom. The fourth-order valence-corrected chi connectivity index (χ4v) is 2.41. The van der Waals surface area contributed by atoms with E-state index in [9.17, 15) is 5.11 Å². The maximum absolute atomic E-state index is 9.65. The van der Waals surface area contributed by atoms with Crippen LogP contribution in [0.1, 0.15) is 5.82 Å². The molecule has 1 aromatic carbocycles. The van der Waals surface area contributed by atoms with Crippen molar-refractivity contribution in [3.63, 3.8) is 0 Å². The van der Waals surface area contributed by atoms with Crippen LogP contribution < -0.4 is 4.74 Å². The molecule has 0 aliphatic heterocycles. The zero-order chi connectivity index (χ0) is 13.2. The number of aromatic hydroxyl groups is 1. The van der Waals surface area contributed by atoms with Crippen molar-refractivity contribution in [1.29, 1.82) is 0 Å². The van der Waals surface area contributed by atoms with Gasteiger partial charge in [0.1, 0.15) is 11.2 Å². The normalized spacial score (nSPS) is 10.8. The minimum atomic E-state index is 0.127. The van der Waals surface area contributed by atoms with Gasteiger partial charge in [0.05, 0.1) is 5.52 Å². The van der Waals surface area contributed by atoms with E-state index in [0.717, 1.165) is 15.9 Å². The van der Waals surface area contributed by atoms with Gasteiger partial charge in [-0.15, -0.1) is 0 Å². The molecule has 0 saturated heterocycles. The van der Waals surface area contributed by atoms with Crippen molar-refractivity contribution in [2.24, 2.45) is 0 Å². The molecule has 3 rings (SSSR count). The highest BCUT2D eigenvalue weighted by molar-refractivity contribution is 9.10. The lowest BCUT2D eigenvalue weighted by atomic mass is 10.3. The van der Waals surface area contributed by atoms with Gasteiger partial charge < -0.3 is 9.84 Å². The summed E-state index contributed by atoms with van der Waals surface area (Å²) >= 11 is 3.42. The number of hydrogen-bond donors (Lipinski definition) is 1. The Balaban J connectivity index is 1.88. The van der Waals surface area contributed by atoms with Crippen LogP contribution in [0, 0.1) is 0 Å². The Bertz CT molecular complexity index is 724. The monoisotopic (exact) mass is 318 g/mol. The van der Waals surface area contributed by atoms with Crippen LogP contribution in [0.25, 0.3) is 5.52 Å². The second-order valence-corrected chi connectivity index (χ2v) is 4.78. The number of phenols is 1. The van der Waals surface area contributed by atoms with Gasteiger partial charge in [-0.3, -0.25) is 4.40 Å². The number of rotatable bonds is 3. The molecule has 0 amide bonds. The number of ether oxygens (including phenoxy) is 1. The van der Waals surface area contributed by atoms with E-state index < -0.39 is 0 Å². The van der Waals surface area contributed by atoms with E-state index in [1.807, 2.05) is 34.9 Å². The first kappa shape index (κ1) is 12.0. The number of pyridine rings is 1. The van der Waals surface area contributed by atoms with Crippen molar-refractivity contribution in [2.45, 2.75) is 6.61 Å². The van der Waals surface area contributed by atoms with Gasteiger partial charge in [0.15, 0.2) is 17.3 Å². The Labute approximate surface area is 118 Å². The lowest BCUT2D eigenvalue weighted by Crippen LogP contribution is -2.01. The number of imidazole rings is 1. The molecular formula is C14H11BrN2O2. The zero-order valence-corrected chi connectivity index (χ0v) is 11.5. The molecule has 0 saturated carbocycles. The quantitative estimate of drug-likeness (QED) is 0.805. The molecule has 0 atom stereocenters. The third-order valence-corrected chi connectivity index (χ3v) is 3.38. The third-order valence-electron chi connectivity index (χ3n) is 2.80. The topological polar surface area (TPSA) is 46.8 Å². The molecule has 3 aromatic rings. The van der Waals surface area contributed by atoms with Gasteiger partial charge in [-0.2, -0.15) is 0 Å². The fraction of sp³-hybridized carbons (Fsp3) is 0.0714. The smallest absolute Gasteiger partial charge is 0.161 e. The van der Waals surface area contributed by atoms with Crippen molar-refractivity contribution in [3.05, 3.63) is 59.1 Å². The first-order valence-corrected chi connectivity index (χ1v) is 6.57. The molecule has 2 heterocycles. The predicted molar refractivity (Wildman–Crippen MR) is 75.3 cm³/mol.